The largest absolute Gasteiger partial charge is 0.298 e. The lowest BCUT2D eigenvalue weighted by Gasteiger charge is -1.97. The first-order chi connectivity index (χ1) is 6.22. The Labute approximate surface area is 93.9 Å². The van der Waals surface area contributed by atoms with Crippen molar-refractivity contribution in [2.75, 3.05) is 0 Å². The van der Waals surface area contributed by atoms with Crippen molar-refractivity contribution in [2.24, 2.45) is 0 Å². The van der Waals surface area contributed by atoms with Gasteiger partial charge in [0.25, 0.3) is 0 Å². The van der Waals surface area contributed by atoms with Gasteiger partial charge >= 0.3 is 0 Å². The second kappa shape index (κ2) is 3.38. The molecule has 1 nitrogen and oxygen atoms in total. The number of aryl methyl sites for hydroxylation is 1. The van der Waals surface area contributed by atoms with Gasteiger partial charge in [0.05, 0.1) is 0 Å². The highest BCUT2D eigenvalue weighted by Crippen LogP contribution is 2.28. The molecule has 0 aliphatic rings. The maximum absolute atomic E-state index is 10.7. The molecule has 0 amide bonds. The second-order valence-electron chi connectivity index (χ2n) is 2.91. The summed E-state index contributed by atoms with van der Waals surface area (Å²) < 4.78 is 2.45. The molecule has 0 N–H and O–H groups in total. The Hall–Kier alpha value is -0.420. The summed E-state index contributed by atoms with van der Waals surface area (Å²) in [4.78, 5) is 10.7. The number of hydrogen-bond acceptors (Lipinski definition) is 2. The van der Waals surface area contributed by atoms with Crippen LogP contribution in [0.3, 0.4) is 0 Å². The van der Waals surface area contributed by atoms with Gasteiger partial charge in [0.15, 0.2) is 6.29 Å². The van der Waals surface area contributed by atoms with Gasteiger partial charge in [-0.1, -0.05) is 0 Å². The molecule has 0 bridgehead atoms. The van der Waals surface area contributed by atoms with E-state index in [1.165, 1.54) is 13.8 Å². The summed E-state index contributed by atoms with van der Waals surface area (Å²) >= 11 is 3.94. The van der Waals surface area contributed by atoms with E-state index >= 15 is 0 Å². The van der Waals surface area contributed by atoms with Gasteiger partial charge in [-0.05, 0) is 47.2 Å². The summed E-state index contributed by atoms with van der Waals surface area (Å²) in [5.41, 5.74) is 2.04. The molecule has 0 saturated carbocycles. The zero-order chi connectivity index (χ0) is 9.42. The molecule has 0 unspecified atom stereocenters. The first-order valence-corrected chi connectivity index (χ1v) is 5.80. The van der Waals surface area contributed by atoms with E-state index < -0.39 is 0 Å². The topological polar surface area (TPSA) is 17.1 Å². The maximum Gasteiger partial charge on any atom is 0.151 e. The minimum absolute atomic E-state index is 0.805. The molecule has 2 rings (SSSR count). The molecule has 1 heterocycles. The molecule has 66 valence electrons. The van der Waals surface area contributed by atoms with Crippen molar-refractivity contribution in [3.05, 3.63) is 32.2 Å². The number of aldehydes is 1. The predicted octanol–water partition coefficient (Wildman–Crippen LogP) is 3.63. The summed E-state index contributed by atoms with van der Waals surface area (Å²) in [6, 6.07) is 4.21. The molecule has 0 spiro atoms. The summed E-state index contributed by atoms with van der Waals surface area (Å²) in [5, 5.41) is 2.99. The SMILES string of the molecule is Cc1cc2c(C=O)csc2cc1I. The first kappa shape index (κ1) is 9.15. The van der Waals surface area contributed by atoms with Crippen LogP contribution in [0.15, 0.2) is 17.5 Å². The number of thiophene rings is 1. The second-order valence-corrected chi connectivity index (χ2v) is 4.98. The normalized spacial score (nSPS) is 10.6. The lowest BCUT2D eigenvalue weighted by molar-refractivity contribution is 0.112. The van der Waals surface area contributed by atoms with Crippen LogP contribution in [0.5, 0.6) is 0 Å². The zero-order valence-corrected chi connectivity index (χ0v) is 9.98. The Morgan fingerprint density at radius 2 is 2.23 bits per heavy atom. The molecule has 0 fully saturated rings. The minimum atomic E-state index is 0.805. The Bertz CT molecular complexity index is 473. The smallest absolute Gasteiger partial charge is 0.151 e. The number of fused-ring (bicyclic) bond motifs is 1. The minimum Gasteiger partial charge on any atom is -0.298 e. The van der Waals surface area contributed by atoms with Crippen molar-refractivity contribution in [3.63, 3.8) is 0 Å². The monoisotopic (exact) mass is 302 g/mol. The number of halogens is 1. The van der Waals surface area contributed by atoms with Crippen molar-refractivity contribution < 1.29 is 4.79 Å². The van der Waals surface area contributed by atoms with Gasteiger partial charge in [-0.15, -0.1) is 11.3 Å². The van der Waals surface area contributed by atoms with E-state index in [2.05, 4.69) is 41.6 Å². The van der Waals surface area contributed by atoms with E-state index in [9.17, 15) is 4.79 Å². The number of hydrogen-bond donors (Lipinski definition) is 0. The van der Waals surface area contributed by atoms with Crippen molar-refractivity contribution in [1.82, 2.24) is 0 Å². The number of carbonyl (C=O) groups excluding carboxylic acids is 1. The Morgan fingerprint density at radius 3 is 2.92 bits per heavy atom. The third-order valence-electron chi connectivity index (χ3n) is 2.01. The van der Waals surface area contributed by atoms with Gasteiger partial charge in [0, 0.05) is 24.6 Å². The molecule has 1 aromatic heterocycles. The summed E-state index contributed by atoms with van der Waals surface area (Å²) in [7, 11) is 0. The van der Waals surface area contributed by atoms with Crippen LogP contribution in [0, 0.1) is 10.5 Å². The third kappa shape index (κ3) is 1.50. The van der Waals surface area contributed by atoms with Crippen molar-refractivity contribution in [3.8, 4) is 0 Å². The molecule has 3 heteroatoms. The average Bonchev–Trinajstić information content (AvgIpc) is 2.48. The molecular weight excluding hydrogens is 295 g/mol. The quantitative estimate of drug-likeness (QED) is 0.581. The summed E-state index contributed by atoms with van der Waals surface area (Å²) in [6.45, 7) is 2.06. The predicted molar refractivity (Wildman–Crippen MR) is 64.7 cm³/mol. The van der Waals surface area contributed by atoms with E-state index in [-0.39, 0.29) is 0 Å². The lowest BCUT2D eigenvalue weighted by Crippen LogP contribution is -1.80. The van der Waals surface area contributed by atoms with Crippen LogP contribution in [-0.2, 0) is 0 Å². The van der Waals surface area contributed by atoms with Crippen LogP contribution in [0.4, 0.5) is 0 Å². The fourth-order valence-electron chi connectivity index (χ4n) is 1.27. The zero-order valence-electron chi connectivity index (χ0n) is 7.00. The van der Waals surface area contributed by atoms with Crippen LogP contribution in [0.25, 0.3) is 10.1 Å². The maximum atomic E-state index is 10.7. The fourth-order valence-corrected chi connectivity index (χ4v) is 2.87. The van der Waals surface area contributed by atoms with Crippen LogP contribution in [0.2, 0.25) is 0 Å². The summed E-state index contributed by atoms with van der Waals surface area (Å²) in [5.74, 6) is 0. The Morgan fingerprint density at radius 1 is 1.46 bits per heavy atom. The van der Waals surface area contributed by atoms with Gasteiger partial charge in [-0.3, -0.25) is 4.79 Å². The average molecular weight is 302 g/mol. The number of rotatable bonds is 1. The Kier molecular flexibility index (Phi) is 2.38. The van der Waals surface area contributed by atoms with Gasteiger partial charge < -0.3 is 0 Å². The van der Waals surface area contributed by atoms with E-state index in [1.54, 1.807) is 11.3 Å². The highest BCUT2D eigenvalue weighted by Gasteiger charge is 2.04. The molecule has 0 radical (unpaired) electrons. The third-order valence-corrected chi connectivity index (χ3v) is 4.14. The molecule has 0 aliphatic heterocycles. The molecule has 0 aliphatic carbocycles. The van der Waals surface area contributed by atoms with Crippen molar-refractivity contribution >= 4 is 50.3 Å². The molecule has 1 aromatic carbocycles. The standard InChI is InChI=1S/C10H7IOS/c1-6-2-8-7(4-12)5-13-10(8)3-9(6)11/h2-5H,1H3. The molecular formula is C10H7IOS. The van der Waals surface area contributed by atoms with Gasteiger partial charge in [0.1, 0.15) is 0 Å². The van der Waals surface area contributed by atoms with Gasteiger partial charge in [-0.2, -0.15) is 0 Å². The highest BCUT2D eigenvalue weighted by molar-refractivity contribution is 14.1. The van der Waals surface area contributed by atoms with E-state index in [4.69, 9.17) is 0 Å². The van der Waals surface area contributed by atoms with Crippen molar-refractivity contribution in [2.45, 2.75) is 6.92 Å². The molecule has 13 heavy (non-hydrogen) atoms. The summed E-state index contributed by atoms with van der Waals surface area (Å²) in [6.07, 6.45) is 0.922. The van der Waals surface area contributed by atoms with Crippen LogP contribution < -0.4 is 0 Å². The highest BCUT2D eigenvalue weighted by atomic mass is 127. The van der Waals surface area contributed by atoms with Crippen LogP contribution >= 0.6 is 33.9 Å². The van der Waals surface area contributed by atoms with E-state index in [1.807, 2.05) is 5.38 Å². The first-order valence-electron chi connectivity index (χ1n) is 3.85. The fraction of sp³-hybridized carbons (Fsp3) is 0.100. The number of benzene rings is 1. The van der Waals surface area contributed by atoms with Crippen LogP contribution in [0.1, 0.15) is 15.9 Å². The number of carbonyl (C=O) groups is 1. The van der Waals surface area contributed by atoms with Crippen molar-refractivity contribution in [1.29, 1.82) is 0 Å². The van der Waals surface area contributed by atoms with Crippen LogP contribution in [-0.4, -0.2) is 6.29 Å². The Balaban J connectivity index is 2.84. The molecule has 0 atom stereocenters. The van der Waals surface area contributed by atoms with E-state index in [0.717, 1.165) is 17.2 Å². The lowest BCUT2D eigenvalue weighted by atomic mass is 10.1. The van der Waals surface area contributed by atoms with Gasteiger partial charge in [-0.25, -0.2) is 0 Å². The van der Waals surface area contributed by atoms with Gasteiger partial charge in [0.2, 0.25) is 0 Å². The molecule has 2 aromatic rings. The molecule has 0 saturated heterocycles. The van der Waals surface area contributed by atoms with E-state index in [0.29, 0.717) is 0 Å².